The quantitative estimate of drug-likeness (QED) is 0.880. The third-order valence-electron chi connectivity index (χ3n) is 2.08. The van der Waals surface area contributed by atoms with E-state index in [-0.39, 0.29) is 11.2 Å². The molecule has 0 saturated heterocycles. The van der Waals surface area contributed by atoms with E-state index in [4.69, 9.17) is 17.3 Å². The SMILES string of the molecule is CN(Cc1ccccn1)c1nc(N)nc(Cl)n1. The van der Waals surface area contributed by atoms with Gasteiger partial charge in [-0.25, -0.2) is 0 Å². The molecule has 2 rings (SSSR count). The van der Waals surface area contributed by atoms with Crippen LogP contribution in [0.2, 0.25) is 5.28 Å². The molecule has 0 aliphatic heterocycles. The minimum Gasteiger partial charge on any atom is -0.368 e. The van der Waals surface area contributed by atoms with Crippen molar-refractivity contribution >= 4 is 23.5 Å². The van der Waals surface area contributed by atoms with Gasteiger partial charge in [-0.2, -0.15) is 15.0 Å². The molecule has 0 aliphatic rings. The molecule has 2 aromatic heterocycles. The molecule has 2 heterocycles. The predicted octanol–water partition coefficient (Wildman–Crippen LogP) is 1.14. The molecule has 88 valence electrons. The summed E-state index contributed by atoms with van der Waals surface area (Å²) >= 11 is 5.71. The zero-order valence-electron chi connectivity index (χ0n) is 9.21. The van der Waals surface area contributed by atoms with Crippen LogP contribution in [-0.2, 0) is 6.54 Å². The van der Waals surface area contributed by atoms with Crippen LogP contribution in [0.4, 0.5) is 11.9 Å². The fourth-order valence-corrected chi connectivity index (χ4v) is 1.49. The Hall–Kier alpha value is -1.95. The Morgan fingerprint density at radius 1 is 1.29 bits per heavy atom. The van der Waals surface area contributed by atoms with Gasteiger partial charge >= 0.3 is 0 Å². The largest absolute Gasteiger partial charge is 0.368 e. The first-order valence-electron chi connectivity index (χ1n) is 4.93. The van der Waals surface area contributed by atoms with Gasteiger partial charge in [0.25, 0.3) is 0 Å². The van der Waals surface area contributed by atoms with Crippen molar-refractivity contribution in [1.82, 2.24) is 19.9 Å². The lowest BCUT2D eigenvalue weighted by atomic mass is 10.3. The number of nitrogen functional groups attached to an aromatic ring is 1. The van der Waals surface area contributed by atoms with Crippen molar-refractivity contribution in [2.45, 2.75) is 6.54 Å². The standard InChI is InChI=1S/C10H11ClN6/c1-17(6-7-4-2-3-5-13-7)10-15-8(11)14-9(12)16-10/h2-5H,6H2,1H3,(H2,12,14,15,16). The van der Waals surface area contributed by atoms with Crippen LogP contribution in [0.25, 0.3) is 0 Å². The van der Waals surface area contributed by atoms with Crippen LogP contribution in [-0.4, -0.2) is 27.0 Å². The molecule has 0 spiro atoms. The van der Waals surface area contributed by atoms with Crippen LogP contribution >= 0.6 is 11.6 Å². The molecule has 0 fully saturated rings. The molecule has 0 amide bonds. The van der Waals surface area contributed by atoms with Crippen molar-refractivity contribution in [2.24, 2.45) is 0 Å². The summed E-state index contributed by atoms with van der Waals surface area (Å²) in [4.78, 5) is 17.7. The van der Waals surface area contributed by atoms with E-state index >= 15 is 0 Å². The highest BCUT2D eigenvalue weighted by Crippen LogP contribution is 2.12. The van der Waals surface area contributed by atoms with Crippen molar-refractivity contribution in [1.29, 1.82) is 0 Å². The second-order valence-electron chi connectivity index (χ2n) is 3.44. The van der Waals surface area contributed by atoms with E-state index in [2.05, 4.69) is 19.9 Å². The van der Waals surface area contributed by atoms with Crippen LogP contribution in [0.5, 0.6) is 0 Å². The topological polar surface area (TPSA) is 80.8 Å². The van der Waals surface area contributed by atoms with Gasteiger partial charge in [0.15, 0.2) is 0 Å². The van der Waals surface area contributed by atoms with Crippen LogP contribution < -0.4 is 10.6 Å². The van der Waals surface area contributed by atoms with Gasteiger partial charge in [0.2, 0.25) is 17.2 Å². The summed E-state index contributed by atoms with van der Waals surface area (Å²) in [6, 6.07) is 5.70. The fourth-order valence-electron chi connectivity index (χ4n) is 1.33. The number of nitrogens with two attached hydrogens (primary N) is 1. The van der Waals surface area contributed by atoms with Crippen molar-refractivity contribution in [3.63, 3.8) is 0 Å². The number of halogens is 1. The molecule has 6 nitrogen and oxygen atoms in total. The van der Waals surface area contributed by atoms with E-state index in [1.54, 1.807) is 11.1 Å². The molecule has 7 heteroatoms. The lowest BCUT2D eigenvalue weighted by molar-refractivity contribution is 0.833. The Labute approximate surface area is 103 Å². The summed E-state index contributed by atoms with van der Waals surface area (Å²) < 4.78 is 0. The van der Waals surface area contributed by atoms with Gasteiger partial charge in [0.05, 0.1) is 12.2 Å². The van der Waals surface area contributed by atoms with Gasteiger partial charge in [-0.3, -0.25) is 4.98 Å². The second-order valence-corrected chi connectivity index (χ2v) is 3.78. The molecule has 17 heavy (non-hydrogen) atoms. The van der Waals surface area contributed by atoms with E-state index in [1.165, 1.54) is 0 Å². The zero-order valence-corrected chi connectivity index (χ0v) is 9.96. The minimum absolute atomic E-state index is 0.0837. The van der Waals surface area contributed by atoms with Crippen LogP contribution in [0.3, 0.4) is 0 Å². The Bertz CT molecular complexity index is 483. The molecule has 2 N–H and O–H groups in total. The lowest BCUT2D eigenvalue weighted by Crippen LogP contribution is -2.20. The van der Waals surface area contributed by atoms with E-state index in [1.807, 2.05) is 25.2 Å². The van der Waals surface area contributed by atoms with Gasteiger partial charge in [0.1, 0.15) is 0 Å². The molecule has 0 bridgehead atoms. The number of anilines is 2. The van der Waals surface area contributed by atoms with Crippen molar-refractivity contribution in [3.05, 3.63) is 35.4 Å². The minimum atomic E-state index is 0.0837. The maximum Gasteiger partial charge on any atom is 0.231 e. The van der Waals surface area contributed by atoms with Gasteiger partial charge in [-0.15, -0.1) is 0 Å². The molecule has 0 aromatic carbocycles. The van der Waals surface area contributed by atoms with Gasteiger partial charge in [-0.05, 0) is 23.7 Å². The molecular formula is C10H11ClN6. The van der Waals surface area contributed by atoms with E-state index in [0.717, 1.165) is 5.69 Å². The van der Waals surface area contributed by atoms with Gasteiger partial charge in [0, 0.05) is 13.2 Å². The van der Waals surface area contributed by atoms with Gasteiger partial charge in [-0.1, -0.05) is 6.07 Å². The number of aromatic nitrogens is 4. The highest BCUT2D eigenvalue weighted by Gasteiger charge is 2.08. The summed E-state index contributed by atoms with van der Waals surface area (Å²) in [5.74, 6) is 0.529. The lowest BCUT2D eigenvalue weighted by Gasteiger charge is -2.16. The van der Waals surface area contributed by atoms with Gasteiger partial charge < -0.3 is 10.6 Å². The molecular weight excluding hydrogens is 240 g/mol. The normalized spacial score (nSPS) is 10.2. The fraction of sp³-hybridized carbons (Fsp3) is 0.200. The molecule has 2 aromatic rings. The number of rotatable bonds is 3. The van der Waals surface area contributed by atoms with E-state index in [0.29, 0.717) is 12.5 Å². The first kappa shape index (κ1) is 11.5. The van der Waals surface area contributed by atoms with E-state index < -0.39 is 0 Å². The Morgan fingerprint density at radius 3 is 2.76 bits per heavy atom. The average molecular weight is 251 g/mol. The average Bonchev–Trinajstić information content (AvgIpc) is 2.29. The number of hydrogen-bond acceptors (Lipinski definition) is 6. The number of pyridine rings is 1. The first-order valence-corrected chi connectivity index (χ1v) is 5.31. The third kappa shape index (κ3) is 3.01. The smallest absolute Gasteiger partial charge is 0.231 e. The molecule has 0 unspecified atom stereocenters. The summed E-state index contributed by atoms with van der Waals surface area (Å²) in [6.45, 7) is 0.570. The molecule has 0 aliphatic carbocycles. The molecule has 0 atom stereocenters. The summed E-state index contributed by atoms with van der Waals surface area (Å²) in [5.41, 5.74) is 6.41. The number of nitrogens with zero attached hydrogens (tertiary/aromatic N) is 5. The second kappa shape index (κ2) is 4.92. The van der Waals surface area contributed by atoms with E-state index in [9.17, 15) is 0 Å². The van der Waals surface area contributed by atoms with Crippen LogP contribution in [0.15, 0.2) is 24.4 Å². The maximum atomic E-state index is 5.71. The number of hydrogen-bond donors (Lipinski definition) is 1. The highest BCUT2D eigenvalue weighted by molar-refractivity contribution is 6.28. The molecule has 0 saturated carbocycles. The summed E-state index contributed by atoms with van der Waals surface area (Å²) in [5, 5.41) is 0.0837. The maximum absolute atomic E-state index is 5.71. The summed E-state index contributed by atoms with van der Waals surface area (Å²) in [6.07, 6.45) is 1.73. The zero-order chi connectivity index (χ0) is 12.3. The van der Waals surface area contributed by atoms with Crippen LogP contribution in [0, 0.1) is 0 Å². The molecule has 0 radical (unpaired) electrons. The Morgan fingerprint density at radius 2 is 2.12 bits per heavy atom. The van der Waals surface area contributed by atoms with Crippen molar-refractivity contribution in [3.8, 4) is 0 Å². The third-order valence-corrected chi connectivity index (χ3v) is 2.25. The predicted molar refractivity (Wildman–Crippen MR) is 65.6 cm³/mol. The Balaban J connectivity index is 2.17. The van der Waals surface area contributed by atoms with Crippen molar-refractivity contribution < 1.29 is 0 Å². The first-order chi connectivity index (χ1) is 8.15. The summed E-state index contributed by atoms with van der Waals surface area (Å²) in [7, 11) is 1.83. The van der Waals surface area contributed by atoms with Crippen molar-refractivity contribution in [2.75, 3.05) is 17.7 Å². The van der Waals surface area contributed by atoms with Crippen LogP contribution in [0.1, 0.15) is 5.69 Å². The highest BCUT2D eigenvalue weighted by atomic mass is 35.5. The monoisotopic (exact) mass is 250 g/mol. The Kier molecular flexibility index (Phi) is 3.34.